The highest BCUT2D eigenvalue weighted by molar-refractivity contribution is 7.90. The van der Waals surface area contributed by atoms with Gasteiger partial charge in [0.1, 0.15) is 0 Å². The van der Waals surface area contributed by atoms with Crippen molar-refractivity contribution in [2.45, 2.75) is 53.9 Å². The summed E-state index contributed by atoms with van der Waals surface area (Å²) in [7, 11) is -7.81. The second kappa shape index (κ2) is 7.58. The molecule has 0 aliphatic heterocycles. The minimum Gasteiger partial charge on any atom is -0.203 e. The summed E-state index contributed by atoms with van der Waals surface area (Å²) in [6.45, 7) is -1.73. The van der Waals surface area contributed by atoms with Gasteiger partial charge in [-0.2, -0.15) is 74.6 Å². The van der Waals surface area contributed by atoms with Gasteiger partial charge in [-0.3, -0.25) is 0 Å². The van der Waals surface area contributed by atoms with Crippen molar-refractivity contribution in [2.75, 3.05) is 6.54 Å². The molecule has 0 amide bonds. The van der Waals surface area contributed by atoms with E-state index in [1.165, 1.54) is 0 Å². The number of hydrogen-bond donors (Lipinski definition) is 0. The fourth-order valence-corrected chi connectivity index (χ4v) is 2.65. The molecule has 0 aromatic carbocycles. The minimum atomic E-state index is -8.94. The van der Waals surface area contributed by atoms with Gasteiger partial charge in [-0.05, 0) is 11.5 Å². The van der Waals surface area contributed by atoms with E-state index in [-0.39, 0.29) is 6.92 Å². The van der Waals surface area contributed by atoms with Crippen molar-refractivity contribution in [3.05, 3.63) is 0 Å². The Labute approximate surface area is 163 Å². The summed E-state index contributed by atoms with van der Waals surface area (Å²) in [5, 5.41) is -7.87. The molecular weight excluding hydrogens is 540 g/mol. The van der Waals surface area contributed by atoms with Gasteiger partial charge in [0.05, 0.1) is 0 Å². The Balaban J connectivity index is 6.99. The molecule has 0 saturated carbocycles. The van der Waals surface area contributed by atoms with Crippen LogP contribution in [0.1, 0.15) is 6.92 Å². The maximum Gasteiger partial charge on any atom is 0.460 e. The molecule has 0 aliphatic rings. The van der Waals surface area contributed by atoms with Crippen molar-refractivity contribution in [1.82, 2.24) is 4.53 Å². The van der Waals surface area contributed by atoms with Crippen LogP contribution in [0.4, 0.5) is 79.1 Å². The Hall–Kier alpha value is -1.35. The molecule has 194 valence electrons. The Morgan fingerprint density at radius 2 is 0.781 bits per heavy atom. The van der Waals surface area contributed by atoms with Crippen molar-refractivity contribution >= 4 is 10.0 Å². The van der Waals surface area contributed by atoms with Gasteiger partial charge < -0.3 is 0 Å². The first-order chi connectivity index (χ1) is 13.5. The molecule has 0 aliphatic carbocycles. The second-order valence-corrected chi connectivity index (χ2v) is 7.43. The summed E-state index contributed by atoms with van der Waals surface area (Å²) >= 11 is 0. The van der Waals surface area contributed by atoms with Crippen LogP contribution in [-0.4, -0.2) is 66.5 Å². The molecule has 0 aromatic heterocycles. The van der Waals surface area contributed by atoms with Gasteiger partial charge in [0, 0.05) is 6.54 Å². The number of sulfonamides is 1. The summed E-state index contributed by atoms with van der Waals surface area (Å²) in [5.41, 5.74) is 0. The molecule has 0 fully saturated rings. The summed E-state index contributed by atoms with van der Waals surface area (Å²) < 4.78 is 252. The van der Waals surface area contributed by atoms with E-state index in [0.717, 1.165) is 0 Å². The first kappa shape index (κ1) is 30.6. The molecule has 0 aromatic rings. The lowest BCUT2D eigenvalue weighted by atomic mass is 9.91. The van der Waals surface area contributed by atoms with Crippen LogP contribution in [0.3, 0.4) is 0 Å². The van der Waals surface area contributed by atoms with Crippen molar-refractivity contribution < 1.29 is 87.5 Å². The van der Waals surface area contributed by atoms with Crippen molar-refractivity contribution in [2.24, 2.45) is 0 Å². The molecule has 0 rings (SSSR count). The quantitative estimate of drug-likeness (QED) is 0.284. The maximum atomic E-state index is 13.4. The van der Waals surface area contributed by atoms with Crippen LogP contribution in [-0.2, 0) is 10.0 Å². The Morgan fingerprint density at radius 3 is 1.03 bits per heavy atom. The molecule has 0 atom stereocenters. The average molecular weight is 545 g/mol. The summed E-state index contributed by atoms with van der Waals surface area (Å²) in [5.74, 6) is -52.2. The molecule has 22 heteroatoms. The summed E-state index contributed by atoms with van der Waals surface area (Å²) in [6, 6.07) is 0. The number of nitrogens with zero attached hydrogens (tertiary/aromatic N) is 1. The Morgan fingerprint density at radius 1 is 0.531 bits per heavy atom. The van der Waals surface area contributed by atoms with Gasteiger partial charge in [-0.25, -0.2) is 8.42 Å². The van der Waals surface area contributed by atoms with E-state index in [0.29, 0.717) is 0 Å². The highest BCUT2D eigenvalue weighted by Crippen LogP contribution is 2.64. The van der Waals surface area contributed by atoms with E-state index in [1.807, 2.05) is 0 Å². The third-order valence-electron chi connectivity index (χ3n) is 3.53. The minimum absolute atomic E-state index is 0.201. The van der Waals surface area contributed by atoms with Crippen molar-refractivity contribution in [3.8, 4) is 0 Å². The Kier molecular flexibility index (Phi) is 7.26. The van der Waals surface area contributed by atoms with E-state index in [9.17, 15) is 87.5 Å². The van der Waals surface area contributed by atoms with E-state index in [4.69, 9.17) is 0 Å². The first-order valence-electron chi connectivity index (χ1n) is 6.88. The number of halogens is 18. The molecule has 0 saturated heterocycles. The molecule has 0 spiro atoms. The zero-order chi connectivity index (χ0) is 26.8. The van der Waals surface area contributed by atoms with Gasteiger partial charge in [0.25, 0.3) is 0 Å². The monoisotopic (exact) mass is 545 g/mol. The average Bonchev–Trinajstić information content (AvgIpc) is 2.58. The smallest absolute Gasteiger partial charge is 0.203 e. The lowest BCUT2D eigenvalue weighted by molar-refractivity contribution is -0.458. The highest BCUT2D eigenvalue weighted by Gasteiger charge is 2.96. The molecule has 3 nitrogen and oxygen atoms in total. The fourth-order valence-electron chi connectivity index (χ4n) is 1.61. The van der Waals surface area contributed by atoms with Crippen LogP contribution in [0.2, 0.25) is 0 Å². The van der Waals surface area contributed by atoms with E-state index < -0.39 is 68.1 Å². The number of rotatable bonds is 9. The standard InChI is InChI=1S/C10H5F18NO2S/c1-2-29(28)32(30,31)10(26,27)8(21,22)6(17,18)4(13,14)3(11,12)5(15,16)7(19,20)9(23,24)25/h2H2,1H3. The molecule has 0 bridgehead atoms. The van der Waals surface area contributed by atoms with Crippen LogP contribution in [0.25, 0.3) is 0 Å². The van der Waals surface area contributed by atoms with E-state index in [1.54, 1.807) is 0 Å². The highest BCUT2D eigenvalue weighted by atomic mass is 32.2. The topological polar surface area (TPSA) is 37.4 Å². The van der Waals surface area contributed by atoms with Crippen LogP contribution >= 0.6 is 0 Å². The van der Waals surface area contributed by atoms with Crippen LogP contribution in [0.15, 0.2) is 0 Å². The molecular formula is C10H5F18NO2S. The van der Waals surface area contributed by atoms with Gasteiger partial charge in [0.15, 0.2) is 0 Å². The molecule has 0 N–H and O–H groups in total. The molecule has 0 heterocycles. The fraction of sp³-hybridized carbons (Fsp3) is 1.00. The predicted octanol–water partition coefficient (Wildman–Crippen LogP) is 5.49. The van der Waals surface area contributed by atoms with Crippen LogP contribution in [0, 0.1) is 0 Å². The second-order valence-electron chi connectivity index (χ2n) is 5.57. The number of hydrogen-bond acceptors (Lipinski definition) is 2. The largest absolute Gasteiger partial charge is 0.460 e. The van der Waals surface area contributed by atoms with E-state index >= 15 is 0 Å². The molecule has 0 radical (unpaired) electrons. The van der Waals surface area contributed by atoms with Gasteiger partial charge in [-0.15, -0.1) is 4.48 Å². The van der Waals surface area contributed by atoms with Crippen molar-refractivity contribution in [1.29, 1.82) is 0 Å². The third-order valence-corrected chi connectivity index (χ3v) is 5.21. The summed E-state index contributed by atoms with van der Waals surface area (Å²) in [6.07, 6.45) is -7.91. The third kappa shape index (κ3) is 3.54. The zero-order valence-electron chi connectivity index (χ0n) is 14.2. The zero-order valence-corrected chi connectivity index (χ0v) is 15.0. The lowest BCUT2D eigenvalue weighted by Gasteiger charge is -2.42. The van der Waals surface area contributed by atoms with Gasteiger partial charge in [-0.1, -0.05) is 0 Å². The van der Waals surface area contributed by atoms with Crippen LogP contribution in [0.5, 0.6) is 0 Å². The summed E-state index contributed by atoms with van der Waals surface area (Å²) in [4.78, 5) is 0. The SMILES string of the molecule is CCN(F)S(=O)(=O)C(F)(F)C(F)(F)C(F)(F)C(F)(F)C(F)(F)C(F)(F)C(F)(F)C(F)(F)F. The van der Waals surface area contributed by atoms with Gasteiger partial charge in [0.2, 0.25) is 0 Å². The van der Waals surface area contributed by atoms with Crippen molar-refractivity contribution in [3.63, 3.8) is 0 Å². The predicted molar refractivity (Wildman–Crippen MR) is 63.1 cm³/mol. The van der Waals surface area contributed by atoms with Crippen LogP contribution < -0.4 is 0 Å². The Bertz CT molecular complexity index is 799. The molecule has 0 unspecified atom stereocenters. The first-order valence-corrected chi connectivity index (χ1v) is 8.32. The normalized spacial score (nSPS) is 16.6. The lowest BCUT2D eigenvalue weighted by Crippen LogP contribution is -2.75. The molecule has 32 heavy (non-hydrogen) atoms. The number of alkyl halides is 17. The maximum absolute atomic E-state index is 13.4. The van der Waals surface area contributed by atoms with Gasteiger partial charge >= 0.3 is 57.0 Å². The van der Waals surface area contributed by atoms with E-state index in [2.05, 4.69) is 0 Å².